The Labute approximate surface area is 143 Å². The number of phenols is 1. The Balaban J connectivity index is 0.000000182. The number of primary amides is 1. The molecule has 0 aromatic heterocycles. The predicted molar refractivity (Wildman–Crippen MR) is 97.9 cm³/mol. The Morgan fingerprint density at radius 3 is 2.21 bits per heavy atom. The molecule has 0 saturated heterocycles. The minimum absolute atomic E-state index is 0.142. The Kier molecular flexibility index (Phi) is 6.24. The van der Waals surface area contributed by atoms with Crippen LogP contribution >= 0.6 is 0 Å². The second kappa shape index (κ2) is 8.39. The van der Waals surface area contributed by atoms with Crippen molar-refractivity contribution < 1.29 is 9.90 Å². The van der Waals surface area contributed by atoms with Gasteiger partial charge < -0.3 is 16.6 Å². The van der Waals surface area contributed by atoms with E-state index in [0.717, 1.165) is 11.1 Å². The Morgan fingerprint density at radius 2 is 1.71 bits per heavy atom. The van der Waals surface area contributed by atoms with Gasteiger partial charge in [-0.25, -0.2) is 0 Å². The average Bonchev–Trinajstić information content (AvgIpc) is 2.54. The largest absolute Gasteiger partial charge is 0.508 e. The molecule has 4 nitrogen and oxygen atoms in total. The fourth-order valence-electron chi connectivity index (χ4n) is 3.09. The van der Waals surface area contributed by atoms with Crippen molar-refractivity contribution >= 4 is 11.6 Å². The third-order valence-corrected chi connectivity index (χ3v) is 4.37. The number of phenolic OH excluding ortho intramolecular Hbond substituents is 1. The van der Waals surface area contributed by atoms with Crippen LogP contribution in [0, 0.1) is 6.92 Å². The first-order valence-electron chi connectivity index (χ1n) is 8.40. The number of carbonyl (C=O) groups excluding carboxylic acids is 1. The first-order chi connectivity index (χ1) is 11.5. The molecule has 2 aromatic carbocycles. The Bertz CT molecular complexity index is 663. The Hall–Kier alpha value is -2.49. The maximum Gasteiger partial charge on any atom is 0.217 e. The molecule has 128 valence electrons. The van der Waals surface area contributed by atoms with Gasteiger partial charge in [-0.1, -0.05) is 24.3 Å². The SMILES string of the molecule is Cc1cc(O)cc(N)c1CCC(N)=O.c1ccc2c(c1)CCCC2. The highest BCUT2D eigenvalue weighted by atomic mass is 16.3. The summed E-state index contributed by atoms with van der Waals surface area (Å²) in [5.74, 6) is -0.209. The number of rotatable bonds is 3. The molecule has 0 saturated carbocycles. The number of nitrogen functional groups attached to an aromatic ring is 1. The quantitative estimate of drug-likeness (QED) is 0.756. The van der Waals surface area contributed by atoms with E-state index >= 15 is 0 Å². The van der Waals surface area contributed by atoms with Gasteiger partial charge in [-0.05, 0) is 67.3 Å². The summed E-state index contributed by atoms with van der Waals surface area (Å²) >= 11 is 0. The number of aromatic hydroxyl groups is 1. The average molecular weight is 326 g/mol. The molecule has 1 amide bonds. The van der Waals surface area contributed by atoms with Gasteiger partial charge in [0, 0.05) is 18.2 Å². The summed E-state index contributed by atoms with van der Waals surface area (Å²) in [5.41, 5.74) is 16.2. The highest BCUT2D eigenvalue weighted by molar-refractivity contribution is 5.74. The first kappa shape index (κ1) is 17.9. The fourth-order valence-corrected chi connectivity index (χ4v) is 3.09. The summed E-state index contributed by atoms with van der Waals surface area (Å²) in [6.07, 6.45) is 6.17. The van der Waals surface area contributed by atoms with Gasteiger partial charge in [0.15, 0.2) is 0 Å². The lowest BCUT2D eigenvalue weighted by atomic mass is 9.92. The van der Waals surface area contributed by atoms with E-state index in [2.05, 4.69) is 24.3 Å². The van der Waals surface area contributed by atoms with Crippen LogP contribution in [0.4, 0.5) is 5.69 Å². The van der Waals surface area contributed by atoms with Crippen molar-refractivity contribution in [3.63, 3.8) is 0 Å². The lowest BCUT2D eigenvalue weighted by Gasteiger charge is -2.13. The molecule has 1 aliphatic carbocycles. The van der Waals surface area contributed by atoms with E-state index in [1.54, 1.807) is 17.2 Å². The zero-order valence-corrected chi connectivity index (χ0v) is 14.2. The van der Waals surface area contributed by atoms with Gasteiger partial charge in [0.2, 0.25) is 5.91 Å². The standard InChI is InChI=1S/C10H14N2O2.C10H12/c1-6-4-7(13)5-9(11)8(6)2-3-10(12)14;1-2-6-10-8-4-3-7-9(10)5-1/h4-5,13H,2-3,11H2,1H3,(H2,12,14);1-2,5-6H,3-4,7-8H2. The zero-order chi connectivity index (χ0) is 17.5. The molecule has 3 rings (SSSR count). The van der Waals surface area contributed by atoms with Crippen molar-refractivity contribution in [2.75, 3.05) is 5.73 Å². The van der Waals surface area contributed by atoms with Crippen molar-refractivity contribution in [2.24, 2.45) is 5.73 Å². The molecule has 0 fully saturated rings. The van der Waals surface area contributed by atoms with Crippen molar-refractivity contribution in [2.45, 2.75) is 45.4 Å². The van der Waals surface area contributed by atoms with E-state index in [9.17, 15) is 9.90 Å². The van der Waals surface area contributed by atoms with E-state index in [1.807, 2.05) is 6.92 Å². The minimum atomic E-state index is -0.350. The number of carbonyl (C=O) groups is 1. The van der Waals surface area contributed by atoms with Gasteiger partial charge >= 0.3 is 0 Å². The fraction of sp³-hybridized carbons (Fsp3) is 0.350. The Morgan fingerprint density at radius 1 is 1.12 bits per heavy atom. The van der Waals surface area contributed by atoms with Crippen LogP contribution in [0.15, 0.2) is 36.4 Å². The normalized spacial score (nSPS) is 12.7. The summed E-state index contributed by atoms with van der Waals surface area (Å²) in [6, 6.07) is 11.9. The molecule has 0 radical (unpaired) electrons. The number of hydrogen-bond donors (Lipinski definition) is 3. The third kappa shape index (κ3) is 5.01. The first-order valence-corrected chi connectivity index (χ1v) is 8.40. The third-order valence-electron chi connectivity index (χ3n) is 4.37. The lowest BCUT2D eigenvalue weighted by Crippen LogP contribution is -2.12. The topological polar surface area (TPSA) is 89.3 Å². The number of aryl methyl sites for hydroxylation is 3. The van der Waals surface area contributed by atoms with Crippen molar-refractivity contribution in [1.29, 1.82) is 0 Å². The molecular weight excluding hydrogens is 300 g/mol. The van der Waals surface area contributed by atoms with E-state index in [0.29, 0.717) is 12.1 Å². The molecule has 1 aliphatic rings. The predicted octanol–water partition coefficient (Wildman–Crippen LogP) is 3.27. The van der Waals surface area contributed by atoms with Crippen LogP contribution in [0.2, 0.25) is 0 Å². The lowest BCUT2D eigenvalue weighted by molar-refractivity contribution is -0.117. The monoisotopic (exact) mass is 326 g/mol. The molecule has 0 spiro atoms. The van der Waals surface area contributed by atoms with Crippen LogP contribution in [0.25, 0.3) is 0 Å². The molecule has 0 atom stereocenters. The molecule has 24 heavy (non-hydrogen) atoms. The van der Waals surface area contributed by atoms with Gasteiger partial charge in [-0.3, -0.25) is 4.79 Å². The maximum atomic E-state index is 10.6. The van der Waals surface area contributed by atoms with Crippen LogP contribution in [0.5, 0.6) is 5.75 Å². The summed E-state index contributed by atoms with van der Waals surface area (Å²) in [6.45, 7) is 1.84. The summed E-state index contributed by atoms with van der Waals surface area (Å²) in [4.78, 5) is 10.6. The van der Waals surface area contributed by atoms with Gasteiger partial charge in [-0.2, -0.15) is 0 Å². The van der Waals surface area contributed by atoms with Crippen LogP contribution < -0.4 is 11.5 Å². The molecule has 0 bridgehead atoms. The van der Waals surface area contributed by atoms with Crippen molar-refractivity contribution in [1.82, 2.24) is 0 Å². The number of hydrogen-bond acceptors (Lipinski definition) is 3. The van der Waals surface area contributed by atoms with Crippen LogP contribution in [-0.4, -0.2) is 11.0 Å². The molecule has 0 unspecified atom stereocenters. The van der Waals surface area contributed by atoms with Crippen LogP contribution in [-0.2, 0) is 24.1 Å². The highest BCUT2D eigenvalue weighted by Gasteiger charge is 2.07. The smallest absolute Gasteiger partial charge is 0.217 e. The number of anilines is 1. The highest BCUT2D eigenvalue weighted by Crippen LogP contribution is 2.24. The second-order valence-corrected chi connectivity index (χ2v) is 6.27. The molecule has 0 heterocycles. The van der Waals surface area contributed by atoms with Gasteiger partial charge in [0.05, 0.1) is 0 Å². The van der Waals surface area contributed by atoms with E-state index in [-0.39, 0.29) is 18.1 Å². The zero-order valence-electron chi connectivity index (χ0n) is 14.2. The second-order valence-electron chi connectivity index (χ2n) is 6.27. The number of nitrogens with two attached hydrogens (primary N) is 2. The summed E-state index contributed by atoms with van der Waals surface area (Å²) in [7, 11) is 0. The summed E-state index contributed by atoms with van der Waals surface area (Å²) < 4.78 is 0. The van der Waals surface area contributed by atoms with E-state index < -0.39 is 0 Å². The summed E-state index contributed by atoms with van der Waals surface area (Å²) in [5, 5.41) is 9.22. The van der Waals surface area contributed by atoms with Gasteiger partial charge in [-0.15, -0.1) is 0 Å². The van der Waals surface area contributed by atoms with Crippen molar-refractivity contribution in [3.05, 3.63) is 58.7 Å². The number of benzene rings is 2. The minimum Gasteiger partial charge on any atom is -0.508 e. The van der Waals surface area contributed by atoms with Crippen LogP contribution in [0.3, 0.4) is 0 Å². The molecule has 4 heteroatoms. The van der Waals surface area contributed by atoms with Crippen molar-refractivity contribution in [3.8, 4) is 5.75 Å². The molecule has 5 N–H and O–H groups in total. The molecule has 0 aliphatic heterocycles. The number of amides is 1. The van der Waals surface area contributed by atoms with E-state index in [1.165, 1.54) is 31.7 Å². The maximum absolute atomic E-state index is 10.6. The molecule has 2 aromatic rings. The van der Waals surface area contributed by atoms with E-state index in [4.69, 9.17) is 11.5 Å². The van der Waals surface area contributed by atoms with Crippen LogP contribution in [0.1, 0.15) is 41.5 Å². The molecular formula is C20H26N2O2. The number of fused-ring (bicyclic) bond motifs is 1. The van der Waals surface area contributed by atoms with Gasteiger partial charge in [0.1, 0.15) is 5.75 Å². The van der Waals surface area contributed by atoms with Gasteiger partial charge in [0.25, 0.3) is 0 Å².